The Morgan fingerprint density at radius 1 is 1.30 bits per heavy atom. The van der Waals surface area contributed by atoms with Crippen LogP contribution in [0.15, 0.2) is 29.1 Å². The van der Waals surface area contributed by atoms with E-state index in [0.29, 0.717) is 5.82 Å². The van der Waals surface area contributed by atoms with Crippen LogP contribution < -0.4 is 5.69 Å². The van der Waals surface area contributed by atoms with Crippen LogP contribution in [0.2, 0.25) is 0 Å². The summed E-state index contributed by atoms with van der Waals surface area (Å²) in [6.45, 7) is 5.95. The highest BCUT2D eigenvalue weighted by Gasteiger charge is 2.16. The number of benzene rings is 1. The van der Waals surface area contributed by atoms with Gasteiger partial charge < -0.3 is 4.74 Å². The first kappa shape index (κ1) is 14.5. The zero-order valence-electron chi connectivity index (χ0n) is 11.8. The lowest BCUT2D eigenvalue weighted by molar-refractivity contribution is 0.0588. The number of aromatic amines is 1. The van der Waals surface area contributed by atoms with Gasteiger partial charge in [-0.05, 0) is 38.5 Å². The van der Waals surface area contributed by atoms with Gasteiger partial charge in [-0.25, -0.2) is 14.3 Å². The van der Waals surface area contributed by atoms with Crippen molar-refractivity contribution >= 4 is 0 Å². The molecular formula is C14H18FN3O2. The Balaban J connectivity index is 2.29. The third-order valence-corrected chi connectivity index (χ3v) is 3.06. The third-order valence-electron chi connectivity index (χ3n) is 3.06. The molecule has 0 saturated heterocycles. The van der Waals surface area contributed by atoms with Crippen molar-refractivity contribution in [3.8, 4) is 0 Å². The lowest BCUT2D eigenvalue weighted by Crippen LogP contribution is -2.24. The van der Waals surface area contributed by atoms with Crippen LogP contribution in [0.4, 0.5) is 4.39 Å². The van der Waals surface area contributed by atoms with Crippen LogP contribution in [0.3, 0.4) is 0 Å². The second kappa shape index (κ2) is 6.00. The SMILES string of the molecule is CC(C)OCc1n[nH]c(=O)n1[C@H](C)c1ccc(F)cc1. The van der Waals surface area contributed by atoms with E-state index in [-0.39, 0.29) is 30.3 Å². The van der Waals surface area contributed by atoms with Crippen LogP contribution in [0, 0.1) is 5.82 Å². The maximum Gasteiger partial charge on any atom is 0.343 e. The van der Waals surface area contributed by atoms with Gasteiger partial charge in [0, 0.05) is 0 Å². The van der Waals surface area contributed by atoms with Crippen LogP contribution in [0.1, 0.15) is 38.2 Å². The molecule has 1 aromatic heterocycles. The fourth-order valence-corrected chi connectivity index (χ4v) is 1.97. The molecular weight excluding hydrogens is 261 g/mol. The molecule has 0 unspecified atom stereocenters. The Bertz CT molecular complexity index is 616. The van der Waals surface area contributed by atoms with E-state index in [9.17, 15) is 9.18 Å². The minimum atomic E-state index is -0.302. The summed E-state index contributed by atoms with van der Waals surface area (Å²) in [6.07, 6.45) is 0.0522. The number of nitrogens with zero attached hydrogens (tertiary/aromatic N) is 2. The highest BCUT2D eigenvalue weighted by Crippen LogP contribution is 2.18. The van der Waals surface area contributed by atoms with Gasteiger partial charge in [0.25, 0.3) is 0 Å². The largest absolute Gasteiger partial charge is 0.371 e. The first-order valence-corrected chi connectivity index (χ1v) is 6.52. The second-order valence-electron chi connectivity index (χ2n) is 4.90. The van der Waals surface area contributed by atoms with Gasteiger partial charge in [0.1, 0.15) is 12.4 Å². The molecule has 0 fully saturated rings. The van der Waals surface area contributed by atoms with E-state index in [1.54, 1.807) is 12.1 Å². The maximum absolute atomic E-state index is 13.0. The number of rotatable bonds is 5. The van der Waals surface area contributed by atoms with E-state index >= 15 is 0 Å². The molecule has 1 heterocycles. The first-order chi connectivity index (χ1) is 9.49. The smallest absolute Gasteiger partial charge is 0.343 e. The van der Waals surface area contributed by atoms with E-state index < -0.39 is 0 Å². The van der Waals surface area contributed by atoms with Crippen LogP contribution in [-0.4, -0.2) is 20.9 Å². The number of H-pyrrole nitrogens is 1. The Labute approximate surface area is 116 Å². The van der Waals surface area contributed by atoms with Crippen molar-refractivity contribution in [1.82, 2.24) is 14.8 Å². The molecule has 0 amide bonds. The van der Waals surface area contributed by atoms with Gasteiger partial charge in [0.2, 0.25) is 0 Å². The molecule has 0 bridgehead atoms. The summed E-state index contributed by atoms with van der Waals surface area (Å²) in [4.78, 5) is 11.9. The third kappa shape index (κ3) is 3.14. The minimum absolute atomic E-state index is 0.0522. The Morgan fingerprint density at radius 3 is 2.55 bits per heavy atom. The summed E-state index contributed by atoms with van der Waals surface area (Å²) < 4.78 is 20.0. The zero-order valence-corrected chi connectivity index (χ0v) is 11.8. The normalized spacial score (nSPS) is 12.8. The van der Waals surface area contributed by atoms with Gasteiger partial charge >= 0.3 is 5.69 Å². The molecule has 0 aliphatic rings. The average Bonchev–Trinajstić information content (AvgIpc) is 2.77. The molecule has 108 valence electrons. The molecule has 1 atom stereocenters. The van der Waals surface area contributed by atoms with Crippen molar-refractivity contribution in [3.05, 3.63) is 52.0 Å². The second-order valence-corrected chi connectivity index (χ2v) is 4.90. The van der Waals surface area contributed by atoms with Crippen LogP contribution in [0.5, 0.6) is 0 Å². The van der Waals surface area contributed by atoms with Crippen LogP contribution >= 0.6 is 0 Å². The molecule has 20 heavy (non-hydrogen) atoms. The number of hydrogen-bond donors (Lipinski definition) is 1. The van der Waals surface area contributed by atoms with Gasteiger partial charge in [0.15, 0.2) is 5.82 Å². The van der Waals surface area contributed by atoms with Crippen molar-refractivity contribution in [1.29, 1.82) is 0 Å². The van der Waals surface area contributed by atoms with Gasteiger partial charge in [0.05, 0.1) is 12.1 Å². The molecule has 0 radical (unpaired) electrons. The van der Waals surface area contributed by atoms with E-state index in [1.807, 2.05) is 20.8 Å². The monoisotopic (exact) mass is 279 g/mol. The molecule has 0 aliphatic heterocycles. The molecule has 1 N–H and O–H groups in total. The van der Waals surface area contributed by atoms with Crippen molar-refractivity contribution in [2.45, 2.75) is 39.5 Å². The minimum Gasteiger partial charge on any atom is -0.371 e. The van der Waals surface area contributed by atoms with E-state index in [0.717, 1.165) is 5.56 Å². The lowest BCUT2D eigenvalue weighted by atomic mass is 10.1. The molecule has 0 spiro atoms. The first-order valence-electron chi connectivity index (χ1n) is 6.52. The molecule has 0 saturated carbocycles. The predicted octanol–water partition coefficient (Wildman–Crippen LogP) is 2.24. The van der Waals surface area contributed by atoms with Gasteiger partial charge in [-0.2, -0.15) is 5.10 Å². The maximum atomic E-state index is 13.0. The molecule has 1 aromatic carbocycles. The molecule has 2 aromatic rings. The quantitative estimate of drug-likeness (QED) is 0.913. The van der Waals surface area contributed by atoms with E-state index in [2.05, 4.69) is 10.2 Å². The molecule has 2 rings (SSSR count). The highest BCUT2D eigenvalue weighted by molar-refractivity contribution is 5.20. The van der Waals surface area contributed by atoms with Crippen molar-refractivity contribution in [3.63, 3.8) is 0 Å². The summed E-state index contributed by atoms with van der Waals surface area (Å²) >= 11 is 0. The predicted molar refractivity (Wildman–Crippen MR) is 73.0 cm³/mol. The number of ether oxygens (including phenoxy) is 1. The summed E-state index contributed by atoms with van der Waals surface area (Å²) in [5.41, 5.74) is 0.532. The Kier molecular flexibility index (Phi) is 4.34. The van der Waals surface area contributed by atoms with Crippen molar-refractivity contribution in [2.75, 3.05) is 0 Å². The summed E-state index contributed by atoms with van der Waals surface area (Å²) in [6, 6.07) is 5.83. The highest BCUT2D eigenvalue weighted by atomic mass is 19.1. The standard InChI is InChI=1S/C14H18FN3O2/c1-9(2)20-8-13-16-17-14(19)18(13)10(3)11-4-6-12(15)7-5-11/h4-7,9-10H,8H2,1-3H3,(H,17,19)/t10-/m1/s1. The Morgan fingerprint density at radius 2 is 1.95 bits per heavy atom. The fourth-order valence-electron chi connectivity index (χ4n) is 1.97. The van der Waals surface area contributed by atoms with E-state index in [4.69, 9.17) is 4.74 Å². The topological polar surface area (TPSA) is 59.9 Å². The van der Waals surface area contributed by atoms with Crippen molar-refractivity contribution in [2.24, 2.45) is 0 Å². The molecule has 6 heteroatoms. The van der Waals surface area contributed by atoms with Gasteiger partial charge in [-0.15, -0.1) is 0 Å². The fraction of sp³-hybridized carbons (Fsp3) is 0.429. The van der Waals surface area contributed by atoms with Crippen molar-refractivity contribution < 1.29 is 9.13 Å². The number of hydrogen-bond acceptors (Lipinski definition) is 3. The lowest BCUT2D eigenvalue weighted by Gasteiger charge is -2.15. The molecule has 5 nitrogen and oxygen atoms in total. The molecule has 0 aliphatic carbocycles. The van der Waals surface area contributed by atoms with Gasteiger partial charge in [-0.1, -0.05) is 12.1 Å². The van der Waals surface area contributed by atoms with E-state index in [1.165, 1.54) is 16.7 Å². The Hall–Kier alpha value is -1.95. The van der Waals surface area contributed by atoms with Crippen LogP contribution in [0.25, 0.3) is 0 Å². The van der Waals surface area contributed by atoms with Gasteiger partial charge in [-0.3, -0.25) is 4.57 Å². The summed E-state index contributed by atoms with van der Waals surface area (Å²) in [5, 5.41) is 6.40. The number of halogens is 1. The zero-order chi connectivity index (χ0) is 14.7. The summed E-state index contributed by atoms with van der Waals surface area (Å²) in [5.74, 6) is 0.226. The summed E-state index contributed by atoms with van der Waals surface area (Å²) in [7, 11) is 0. The number of nitrogens with one attached hydrogen (secondary N) is 1. The average molecular weight is 279 g/mol. The van der Waals surface area contributed by atoms with Crippen LogP contribution in [-0.2, 0) is 11.3 Å². The number of aromatic nitrogens is 3.